The summed E-state index contributed by atoms with van der Waals surface area (Å²) >= 11 is 6.10. The van der Waals surface area contributed by atoms with Gasteiger partial charge in [-0.15, -0.1) is 0 Å². The van der Waals surface area contributed by atoms with Crippen LogP contribution in [0.4, 0.5) is 0 Å². The van der Waals surface area contributed by atoms with Crippen LogP contribution in [0, 0.1) is 11.3 Å². The normalized spacial score (nSPS) is 10.1. The molecule has 1 aromatic carbocycles. The second-order valence-corrected chi connectivity index (χ2v) is 3.56. The highest BCUT2D eigenvalue weighted by molar-refractivity contribution is 6.36. The second kappa shape index (κ2) is 4.38. The molecule has 2 aromatic rings. The van der Waals surface area contributed by atoms with Gasteiger partial charge in [-0.2, -0.15) is 5.26 Å². The maximum atomic E-state index is 8.84. The standard InChI is InChI=1S/C12H9ClN2O/c1-2-16-10-5-3-4-9-11(13)8(6-14)7-15-12(9)10/h3-5,7H,2H2,1H3. The molecule has 0 bridgehead atoms. The molecule has 2 rings (SSSR count). The molecular weight excluding hydrogens is 224 g/mol. The summed E-state index contributed by atoms with van der Waals surface area (Å²) in [6, 6.07) is 7.50. The van der Waals surface area contributed by atoms with E-state index >= 15 is 0 Å². The molecule has 1 heterocycles. The van der Waals surface area contributed by atoms with E-state index in [-0.39, 0.29) is 0 Å². The summed E-state index contributed by atoms with van der Waals surface area (Å²) in [7, 11) is 0. The minimum absolute atomic E-state index is 0.378. The molecule has 1 aromatic heterocycles. The molecule has 0 unspecified atom stereocenters. The maximum Gasteiger partial charge on any atom is 0.145 e. The Morgan fingerprint density at radius 1 is 1.50 bits per heavy atom. The molecular formula is C12H9ClN2O. The SMILES string of the molecule is CCOc1cccc2c(Cl)c(C#N)cnc12. The van der Waals surface area contributed by atoms with Crippen molar-refractivity contribution in [1.29, 1.82) is 5.26 Å². The predicted molar refractivity (Wildman–Crippen MR) is 62.6 cm³/mol. The average Bonchev–Trinajstić information content (AvgIpc) is 2.31. The number of aromatic nitrogens is 1. The average molecular weight is 233 g/mol. The van der Waals surface area contributed by atoms with Crippen LogP contribution >= 0.6 is 11.6 Å². The van der Waals surface area contributed by atoms with Gasteiger partial charge in [-0.05, 0) is 13.0 Å². The number of para-hydroxylation sites is 1. The molecule has 4 heteroatoms. The molecule has 0 fully saturated rings. The Bertz CT molecular complexity index is 575. The first kappa shape index (κ1) is 10.7. The minimum atomic E-state index is 0.378. The molecule has 0 aliphatic carbocycles. The number of benzene rings is 1. The van der Waals surface area contributed by atoms with E-state index in [2.05, 4.69) is 4.98 Å². The number of ether oxygens (including phenoxy) is 1. The molecule has 3 nitrogen and oxygen atoms in total. The van der Waals surface area contributed by atoms with Crippen molar-refractivity contribution < 1.29 is 4.74 Å². The number of fused-ring (bicyclic) bond motifs is 1. The van der Waals surface area contributed by atoms with Crippen molar-refractivity contribution in [3.63, 3.8) is 0 Å². The summed E-state index contributed by atoms with van der Waals surface area (Å²) in [4.78, 5) is 4.20. The van der Waals surface area contributed by atoms with Crippen molar-refractivity contribution in [1.82, 2.24) is 4.98 Å². The Morgan fingerprint density at radius 3 is 3.00 bits per heavy atom. The van der Waals surface area contributed by atoms with Crippen molar-refractivity contribution in [2.24, 2.45) is 0 Å². The molecule has 0 saturated carbocycles. The van der Waals surface area contributed by atoms with Crippen LogP contribution in [0.2, 0.25) is 5.02 Å². The van der Waals surface area contributed by atoms with Crippen molar-refractivity contribution >= 4 is 22.5 Å². The van der Waals surface area contributed by atoms with Crippen LogP contribution in [-0.4, -0.2) is 11.6 Å². The van der Waals surface area contributed by atoms with Gasteiger partial charge in [0.15, 0.2) is 0 Å². The summed E-state index contributed by atoms with van der Waals surface area (Å²) in [5, 5.41) is 10.0. The summed E-state index contributed by atoms with van der Waals surface area (Å²) in [5.41, 5.74) is 1.07. The Morgan fingerprint density at radius 2 is 2.31 bits per heavy atom. The van der Waals surface area contributed by atoms with E-state index in [0.717, 1.165) is 5.39 Å². The van der Waals surface area contributed by atoms with Gasteiger partial charge in [0, 0.05) is 11.6 Å². The number of rotatable bonds is 2. The fourth-order valence-corrected chi connectivity index (χ4v) is 1.76. The van der Waals surface area contributed by atoms with Gasteiger partial charge in [0.2, 0.25) is 0 Å². The third-order valence-electron chi connectivity index (χ3n) is 2.21. The lowest BCUT2D eigenvalue weighted by Crippen LogP contribution is -1.94. The molecule has 0 amide bonds. The fraction of sp³-hybridized carbons (Fsp3) is 0.167. The molecule has 0 N–H and O–H groups in total. The van der Waals surface area contributed by atoms with Gasteiger partial charge in [-0.25, -0.2) is 0 Å². The smallest absolute Gasteiger partial charge is 0.145 e. The molecule has 0 saturated heterocycles. The van der Waals surface area contributed by atoms with Crippen LogP contribution in [0.25, 0.3) is 10.9 Å². The third-order valence-corrected chi connectivity index (χ3v) is 2.62. The minimum Gasteiger partial charge on any atom is -0.492 e. The van der Waals surface area contributed by atoms with E-state index in [4.69, 9.17) is 21.6 Å². The van der Waals surface area contributed by atoms with Gasteiger partial charge >= 0.3 is 0 Å². The molecule has 80 valence electrons. The Labute approximate surface area is 98.2 Å². The second-order valence-electron chi connectivity index (χ2n) is 3.18. The maximum absolute atomic E-state index is 8.84. The number of hydrogen-bond acceptors (Lipinski definition) is 3. The third kappa shape index (κ3) is 1.68. The topological polar surface area (TPSA) is 45.9 Å². The van der Waals surface area contributed by atoms with Crippen LogP contribution in [0.3, 0.4) is 0 Å². The van der Waals surface area contributed by atoms with Crippen LogP contribution < -0.4 is 4.74 Å². The van der Waals surface area contributed by atoms with E-state index in [1.165, 1.54) is 6.20 Å². The number of nitrogens with zero attached hydrogens (tertiary/aromatic N) is 2. The molecule has 16 heavy (non-hydrogen) atoms. The molecule has 0 radical (unpaired) electrons. The van der Waals surface area contributed by atoms with Crippen molar-refractivity contribution in [3.8, 4) is 11.8 Å². The van der Waals surface area contributed by atoms with Gasteiger partial charge in [-0.1, -0.05) is 23.7 Å². The van der Waals surface area contributed by atoms with Gasteiger partial charge in [-0.3, -0.25) is 4.98 Å². The van der Waals surface area contributed by atoms with Crippen molar-refractivity contribution in [3.05, 3.63) is 35.0 Å². The summed E-state index contributed by atoms with van der Waals surface area (Å²) in [6.07, 6.45) is 1.47. The summed E-state index contributed by atoms with van der Waals surface area (Å²) in [6.45, 7) is 2.47. The zero-order valence-corrected chi connectivity index (χ0v) is 9.45. The highest BCUT2D eigenvalue weighted by Gasteiger charge is 2.09. The Balaban J connectivity index is 2.73. The van der Waals surface area contributed by atoms with E-state index in [1.54, 1.807) is 0 Å². The van der Waals surface area contributed by atoms with Gasteiger partial charge in [0.25, 0.3) is 0 Å². The number of hydrogen-bond donors (Lipinski definition) is 0. The lowest BCUT2D eigenvalue weighted by atomic mass is 10.1. The van der Waals surface area contributed by atoms with Gasteiger partial charge in [0.1, 0.15) is 17.3 Å². The van der Waals surface area contributed by atoms with E-state index < -0.39 is 0 Å². The van der Waals surface area contributed by atoms with Crippen molar-refractivity contribution in [2.45, 2.75) is 6.92 Å². The number of halogens is 1. The first-order valence-electron chi connectivity index (χ1n) is 4.88. The van der Waals surface area contributed by atoms with Gasteiger partial charge in [0.05, 0.1) is 17.2 Å². The van der Waals surface area contributed by atoms with Crippen LogP contribution in [0.1, 0.15) is 12.5 Å². The first-order chi connectivity index (χ1) is 7.77. The van der Waals surface area contributed by atoms with E-state index in [0.29, 0.717) is 28.5 Å². The number of nitriles is 1. The quantitative estimate of drug-likeness (QED) is 0.799. The fourth-order valence-electron chi connectivity index (χ4n) is 1.51. The zero-order valence-electron chi connectivity index (χ0n) is 8.70. The zero-order chi connectivity index (χ0) is 11.5. The number of pyridine rings is 1. The Hall–Kier alpha value is -1.79. The molecule has 0 spiro atoms. The first-order valence-corrected chi connectivity index (χ1v) is 5.25. The van der Waals surface area contributed by atoms with Crippen LogP contribution in [0.5, 0.6) is 5.75 Å². The summed E-state index contributed by atoms with van der Waals surface area (Å²) < 4.78 is 5.44. The lowest BCUT2D eigenvalue weighted by Gasteiger charge is -2.07. The predicted octanol–water partition coefficient (Wildman–Crippen LogP) is 3.16. The highest BCUT2D eigenvalue weighted by Crippen LogP contribution is 2.30. The van der Waals surface area contributed by atoms with Crippen LogP contribution in [-0.2, 0) is 0 Å². The summed E-state index contributed by atoms with van der Waals surface area (Å²) in [5.74, 6) is 0.686. The molecule has 0 aliphatic rings. The largest absolute Gasteiger partial charge is 0.492 e. The lowest BCUT2D eigenvalue weighted by molar-refractivity contribution is 0.343. The highest BCUT2D eigenvalue weighted by atomic mass is 35.5. The monoisotopic (exact) mass is 232 g/mol. The van der Waals surface area contributed by atoms with E-state index in [9.17, 15) is 0 Å². The van der Waals surface area contributed by atoms with E-state index in [1.807, 2.05) is 31.2 Å². The molecule has 0 aliphatic heterocycles. The van der Waals surface area contributed by atoms with Crippen molar-refractivity contribution in [2.75, 3.05) is 6.61 Å². The molecule has 0 atom stereocenters. The Kier molecular flexibility index (Phi) is 2.93. The van der Waals surface area contributed by atoms with Crippen LogP contribution in [0.15, 0.2) is 24.4 Å². The van der Waals surface area contributed by atoms with Gasteiger partial charge < -0.3 is 4.74 Å².